The summed E-state index contributed by atoms with van der Waals surface area (Å²) >= 11 is 0. The lowest BCUT2D eigenvalue weighted by Gasteiger charge is -2.14. The number of alkyl halides is 3. The maximum absolute atomic E-state index is 13.2. The molecule has 0 saturated heterocycles. The summed E-state index contributed by atoms with van der Waals surface area (Å²) in [5.41, 5.74) is 5.05. The van der Waals surface area contributed by atoms with Gasteiger partial charge in [-0.1, -0.05) is 12.1 Å². The second kappa shape index (κ2) is 5.73. The molecular formula is C15H13F4NO. The Hall–Kier alpha value is -2.08. The van der Waals surface area contributed by atoms with Crippen LogP contribution in [0.1, 0.15) is 16.7 Å². The number of halogens is 4. The van der Waals surface area contributed by atoms with Crippen LogP contribution in [0.25, 0.3) is 0 Å². The van der Waals surface area contributed by atoms with Gasteiger partial charge < -0.3 is 10.5 Å². The molecule has 2 N–H and O–H groups in total. The molecule has 0 atom stereocenters. The van der Waals surface area contributed by atoms with E-state index in [1.807, 2.05) is 0 Å². The second-order valence-corrected chi connectivity index (χ2v) is 4.53. The molecule has 0 saturated carbocycles. The zero-order chi connectivity index (χ0) is 15.6. The minimum Gasteiger partial charge on any atom is -0.457 e. The molecule has 0 bridgehead atoms. The van der Waals surface area contributed by atoms with Gasteiger partial charge in [-0.3, -0.25) is 0 Å². The van der Waals surface area contributed by atoms with Crippen molar-refractivity contribution < 1.29 is 22.3 Å². The highest BCUT2D eigenvalue weighted by molar-refractivity contribution is 5.42. The molecule has 0 heterocycles. The molecule has 2 rings (SSSR count). The van der Waals surface area contributed by atoms with Gasteiger partial charge in [-0.25, -0.2) is 4.39 Å². The van der Waals surface area contributed by atoms with E-state index in [1.165, 1.54) is 24.3 Å². The first kappa shape index (κ1) is 15.3. The number of benzene rings is 2. The molecule has 0 aliphatic rings. The Bertz CT molecular complexity index is 653. The number of nitrogens with two attached hydrogens (primary N) is 1. The lowest BCUT2D eigenvalue weighted by Crippen LogP contribution is -2.12. The summed E-state index contributed by atoms with van der Waals surface area (Å²) in [7, 11) is 0. The van der Waals surface area contributed by atoms with Crippen LogP contribution < -0.4 is 10.5 Å². The van der Waals surface area contributed by atoms with E-state index < -0.39 is 17.6 Å². The highest BCUT2D eigenvalue weighted by Crippen LogP contribution is 2.36. The molecular weight excluding hydrogens is 286 g/mol. The molecule has 0 aromatic heterocycles. The van der Waals surface area contributed by atoms with Crippen molar-refractivity contribution in [3.05, 3.63) is 58.9 Å². The van der Waals surface area contributed by atoms with Crippen molar-refractivity contribution in [1.82, 2.24) is 0 Å². The average molecular weight is 299 g/mol. The lowest BCUT2D eigenvalue weighted by molar-refractivity contribution is -0.138. The first-order valence-electron chi connectivity index (χ1n) is 6.15. The van der Waals surface area contributed by atoms with E-state index in [-0.39, 0.29) is 23.6 Å². The molecule has 112 valence electrons. The summed E-state index contributed by atoms with van der Waals surface area (Å²) in [4.78, 5) is 0. The van der Waals surface area contributed by atoms with Crippen molar-refractivity contribution in [2.45, 2.75) is 19.6 Å². The third kappa shape index (κ3) is 3.52. The third-order valence-electron chi connectivity index (χ3n) is 2.98. The van der Waals surface area contributed by atoms with Gasteiger partial charge in [0.2, 0.25) is 0 Å². The van der Waals surface area contributed by atoms with Gasteiger partial charge in [0.05, 0.1) is 5.56 Å². The summed E-state index contributed by atoms with van der Waals surface area (Å²) in [5.74, 6) is -0.373. The normalized spacial score (nSPS) is 11.5. The predicted molar refractivity (Wildman–Crippen MR) is 70.5 cm³/mol. The van der Waals surface area contributed by atoms with Crippen molar-refractivity contribution in [3.63, 3.8) is 0 Å². The zero-order valence-corrected chi connectivity index (χ0v) is 11.2. The van der Waals surface area contributed by atoms with Gasteiger partial charge in [-0.2, -0.15) is 13.2 Å². The third-order valence-corrected chi connectivity index (χ3v) is 2.98. The minimum atomic E-state index is -4.52. The van der Waals surface area contributed by atoms with Gasteiger partial charge in [-0.15, -0.1) is 0 Å². The Morgan fingerprint density at radius 3 is 2.43 bits per heavy atom. The van der Waals surface area contributed by atoms with Crippen LogP contribution in [0, 0.1) is 12.7 Å². The summed E-state index contributed by atoms with van der Waals surface area (Å²) in [6.45, 7) is 1.45. The minimum absolute atomic E-state index is 0.0202. The molecule has 2 nitrogen and oxygen atoms in total. The zero-order valence-electron chi connectivity index (χ0n) is 11.2. The van der Waals surface area contributed by atoms with Crippen LogP contribution in [0.5, 0.6) is 11.5 Å². The Morgan fingerprint density at radius 2 is 1.81 bits per heavy atom. The fraction of sp³-hybridized carbons (Fsp3) is 0.200. The molecule has 0 spiro atoms. The summed E-state index contributed by atoms with van der Waals surface area (Å²) in [6, 6.07) is 7.37. The highest BCUT2D eigenvalue weighted by Gasteiger charge is 2.33. The number of hydrogen-bond acceptors (Lipinski definition) is 2. The average Bonchev–Trinajstić information content (AvgIpc) is 2.42. The largest absolute Gasteiger partial charge is 0.457 e. The Morgan fingerprint density at radius 1 is 1.10 bits per heavy atom. The van der Waals surface area contributed by atoms with E-state index in [0.717, 1.165) is 12.1 Å². The Balaban J connectivity index is 2.39. The van der Waals surface area contributed by atoms with Crippen molar-refractivity contribution >= 4 is 0 Å². The van der Waals surface area contributed by atoms with Crippen LogP contribution in [0.2, 0.25) is 0 Å². The highest BCUT2D eigenvalue weighted by atomic mass is 19.4. The van der Waals surface area contributed by atoms with E-state index >= 15 is 0 Å². The molecule has 2 aromatic carbocycles. The molecule has 21 heavy (non-hydrogen) atoms. The van der Waals surface area contributed by atoms with Gasteiger partial charge in [0.1, 0.15) is 17.3 Å². The van der Waals surface area contributed by atoms with E-state index in [2.05, 4.69) is 0 Å². The quantitative estimate of drug-likeness (QED) is 0.852. The van der Waals surface area contributed by atoms with Crippen molar-refractivity contribution in [1.29, 1.82) is 0 Å². The van der Waals surface area contributed by atoms with E-state index in [0.29, 0.717) is 5.56 Å². The van der Waals surface area contributed by atoms with Crippen LogP contribution in [-0.2, 0) is 12.7 Å². The van der Waals surface area contributed by atoms with Gasteiger partial charge in [0, 0.05) is 12.6 Å². The standard InChI is InChI=1S/C15H13F4NO/c1-9-2-4-11(16)6-14(9)21-12-5-3-10(8-20)13(7-12)15(17,18)19/h2-7H,8,20H2,1H3. The van der Waals surface area contributed by atoms with Gasteiger partial charge in [0.15, 0.2) is 0 Å². The monoisotopic (exact) mass is 299 g/mol. The Labute approximate surface area is 119 Å². The molecule has 0 fully saturated rings. The lowest BCUT2D eigenvalue weighted by atomic mass is 10.1. The maximum Gasteiger partial charge on any atom is 0.416 e. The molecule has 0 radical (unpaired) electrons. The molecule has 6 heteroatoms. The van der Waals surface area contributed by atoms with Crippen LogP contribution in [0.15, 0.2) is 36.4 Å². The second-order valence-electron chi connectivity index (χ2n) is 4.53. The molecule has 0 aliphatic heterocycles. The van der Waals surface area contributed by atoms with E-state index in [4.69, 9.17) is 10.5 Å². The van der Waals surface area contributed by atoms with Crippen LogP contribution in [-0.4, -0.2) is 0 Å². The molecule has 2 aromatic rings. The fourth-order valence-corrected chi connectivity index (χ4v) is 1.87. The van der Waals surface area contributed by atoms with Crippen molar-refractivity contribution in [2.75, 3.05) is 0 Å². The van der Waals surface area contributed by atoms with Crippen LogP contribution >= 0.6 is 0 Å². The van der Waals surface area contributed by atoms with Crippen molar-refractivity contribution in [3.8, 4) is 11.5 Å². The fourth-order valence-electron chi connectivity index (χ4n) is 1.87. The topological polar surface area (TPSA) is 35.2 Å². The summed E-state index contributed by atoms with van der Waals surface area (Å²) < 4.78 is 57.3. The molecule has 0 amide bonds. The molecule has 0 aliphatic carbocycles. The van der Waals surface area contributed by atoms with Gasteiger partial charge >= 0.3 is 6.18 Å². The van der Waals surface area contributed by atoms with E-state index in [9.17, 15) is 17.6 Å². The number of hydrogen-bond donors (Lipinski definition) is 1. The predicted octanol–water partition coefficient (Wildman–Crippen LogP) is 4.40. The van der Waals surface area contributed by atoms with Gasteiger partial charge in [-0.05, 0) is 36.2 Å². The summed E-state index contributed by atoms with van der Waals surface area (Å²) in [5, 5.41) is 0. The number of rotatable bonds is 3. The number of aryl methyl sites for hydroxylation is 1. The van der Waals surface area contributed by atoms with Crippen LogP contribution in [0.3, 0.4) is 0 Å². The SMILES string of the molecule is Cc1ccc(F)cc1Oc1ccc(CN)c(C(F)(F)F)c1. The van der Waals surface area contributed by atoms with Gasteiger partial charge in [0.25, 0.3) is 0 Å². The summed E-state index contributed by atoms with van der Waals surface area (Å²) in [6.07, 6.45) is -4.52. The maximum atomic E-state index is 13.2. The van der Waals surface area contributed by atoms with Crippen molar-refractivity contribution in [2.24, 2.45) is 5.73 Å². The first-order chi connectivity index (χ1) is 9.81. The molecule has 0 unspecified atom stereocenters. The Kier molecular flexibility index (Phi) is 4.18. The first-order valence-corrected chi connectivity index (χ1v) is 6.15. The number of ether oxygens (including phenoxy) is 1. The van der Waals surface area contributed by atoms with E-state index in [1.54, 1.807) is 6.92 Å². The van der Waals surface area contributed by atoms with Crippen LogP contribution in [0.4, 0.5) is 17.6 Å². The smallest absolute Gasteiger partial charge is 0.416 e.